The zero-order valence-electron chi connectivity index (χ0n) is 20.3. The van der Waals surface area contributed by atoms with Gasteiger partial charge in [-0.1, -0.05) is 30.3 Å². The molecule has 3 N–H and O–H groups in total. The van der Waals surface area contributed by atoms with Gasteiger partial charge in [-0.05, 0) is 73.9 Å². The Labute approximate surface area is 209 Å². The van der Waals surface area contributed by atoms with E-state index >= 15 is 0 Å². The summed E-state index contributed by atoms with van der Waals surface area (Å²) in [5.41, 5.74) is 6.10. The Kier molecular flexibility index (Phi) is 9.16. The highest BCUT2D eigenvalue weighted by Crippen LogP contribution is 2.23. The van der Waals surface area contributed by atoms with Crippen LogP contribution in [0.25, 0.3) is 0 Å². The van der Waals surface area contributed by atoms with Crippen LogP contribution in [0.3, 0.4) is 0 Å². The van der Waals surface area contributed by atoms with Crippen molar-refractivity contribution < 1.29 is 23.9 Å². The number of nitrogens with one attached hydrogen (secondary N) is 3. The predicted octanol–water partition coefficient (Wildman–Crippen LogP) is 3.81. The van der Waals surface area contributed by atoms with Gasteiger partial charge in [0.15, 0.2) is 6.61 Å². The normalized spacial score (nSPS) is 10.5. The SMILES string of the molecule is CCOc1ccccc1NC(=O)C(=O)N/N=C\c1cccc(OCC(=O)Nc2ccc(C)c(C)c2)c1. The van der Waals surface area contributed by atoms with Crippen molar-refractivity contribution in [2.45, 2.75) is 20.8 Å². The number of hydrogen-bond acceptors (Lipinski definition) is 6. The summed E-state index contributed by atoms with van der Waals surface area (Å²) < 4.78 is 11.0. The van der Waals surface area contributed by atoms with E-state index in [1.165, 1.54) is 6.21 Å². The quantitative estimate of drug-likeness (QED) is 0.241. The van der Waals surface area contributed by atoms with Crippen molar-refractivity contribution in [3.05, 3.63) is 83.4 Å². The van der Waals surface area contributed by atoms with E-state index in [9.17, 15) is 14.4 Å². The molecule has 0 fully saturated rings. The second-order valence-corrected chi connectivity index (χ2v) is 7.79. The van der Waals surface area contributed by atoms with Crippen molar-refractivity contribution in [3.8, 4) is 11.5 Å². The molecule has 0 aliphatic heterocycles. The largest absolute Gasteiger partial charge is 0.492 e. The molecule has 9 heteroatoms. The molecule has 9 nitrogen and oxygen atoms in total. The number of carbonyl (C=O) groups excluding carboxylic acids is 3. The van der Waals surface area contributed by atoms with Gasteiger partial charge in [-0.25, -0.2) is 5.43 Å². The van der Waals surface area contributed by atoms with Crippen molar-refractivity contribution >= 4 is 35.3 Å². The lowest BCUT2D eigenvalue weighted by molar-refractivity contribution is -0.136. The van der Waals surface area contributed by atoms with Crippen LogP contribution in [0, 0.1) is 13.8 Å². The van der Waals surface area contributed by atoms with E-state index in [1.54, 1.807) is 48.5 Å². The topological polar surface area (TPSA) is 118 Å². The summed E-state index contributed by atoms with van der Waals surface area (Å²) in [7, 11) is 0. The third kappa shape index (κ3) is 7.69. The molecule has 3 rings (SSSR count). The Morgan fingerprint density at radius 2 is 1.67 bits per heavy atom. The smallest absolute Gasteiger partial charge is 0.329 e. The number of para-hydroxylation sites is 2. The van der Waals surface area contributed by atoms with E-state index < -0.39 is 11.8 Å². The Morgan fingerprint density at radius 1 is 0.861 bits per heavy atom. The van der Waals surface area contributed by atoms with E-state index in [0.717, 1.165) is 11.1 Å². The van der Waals surface area contributed by atoms with Gasteiger partial charge in [-0.15, -0.1) is 0 Å². The van der Waals surface area contributed by atoms with E-state index in [-0.39, 0.29) is 12.5 Å². The Hall–Kier alpha value is -4.66. The Morgan fingerprint density at radius 3 is 2.44 bits per heavy atom. The molecule has 0 saturated heterocycles. The number of anilines is 2. The second kappa shape index (κ2) is 12.7. The minimum Gasteiger partial charge on any atom is -0.492 e. The summed E-state index contributed by atoms with van der Waals surface area (Å²) in [6, 6.07) is 19.3. The first-order chi connectivity index (χ1) is 17.4. The Balaban J connectivity index is 1.49. The number of aryl methyl sites for hydroxylation is 2. The fraction of sp³-hybridized carbons (Fsp3) is 0.185. The van der Waals surface area contributed by atoms with E-state index in [1.807, 2.05) is 39.0 Å². The van der Waals surface area contributed by atoms with Crippen molar-refractivity contribution in [1.82, 2.24) is 5.43 Å². The first kappa shape index (κ1) is 26.0. The first-order valence-electron chi connectivity index (χ1n) is 11.3. The van der Waals surface area contributed by atoms with Crippen LogP contribution in [0.15, 0.2) is 71.8 Å². The van der Waals surface area contributed by atoms with Gasteiger partial charge in [-0.2, -0.15) is 5.10 Å². The molecule has 3 amide bonds. The highest BCUT2D eigenvalue weighted by Gasteiger charge is 2.15. The standard InChI is InChI=1S/C27H28N4O5/c1-4-35-24-11-6-5-10-23(24)30-26(33)27(34)31-28-16-20-8-7-9-22(15-20)36-17-25(32)29-21-13-12-18(2)19(3)14-21/h5-16H,4,17H2,1-3H3,(H,29,32)(H,30,33)(H,31,34)/b28-16-. The molecule has 0 spiro atoms. The van der Waals surface area contributed by atoms with Crippen LogP contribution < -0.4 is 25.5 Å². The van der Waals surface area contributed by atoms with Gasteiger partial charge in [0.05, 0.1) is 18.5 Å². The molecule has 0 aromatic heterocycles. The highest BCUT2D eigenvalue weighted by atomic mass is 16.5. The third-order valence-corrected chi connectivity index (χ3v) is 5.04. The van der Waals surface area contributed by atoms with Gasteiger partial charge >= 0.3 is 11.8 Å². The van der Waals surface area contributed by atoms with Crippen molar-refractivity contribution in [3.63, 3.8) is 0 Å². The number of amides is 3. The lowest BCUT2D eigenvalue weighted by atomic mass is 10.1. The number of ether oxygens (including phenoxy) is 2. The fourth-order valence-corrected chi connectivity index (χ4v) is 3.10. The van der Waals surface area contributed by atoms with Crippen LogP contribution in [-0.2, 0) is 14.4 Å². The van der Waals surface area contributed by atoms with Gasteiger partial charge in [0, 0.05) is 5.69 Å². The summed E-state index contributed by atoms with van der Waals surface area (Å²) in [5, 5.41) is 9.11. The van der Waals surface area contributed by atoms with Crippen LogP contribution >= 0.6 is 0 Å². The van der Waals surface area contributed by atoms with Gasteiger partial charge < -0.3 is 20.1 Å². The average molecular weight is 489 g/mol. The average Bonchev–Trinajstić information content (AvgIpc) is 2.86. The fourth-order valence-electron chi connectivity index (χ4n) is 3.10. The van der Waals surface area contributed by atoms with Gasteiger partial charge in [0.2, 0.25) is 0 Å². The number of hydrazone groups is 1. The number of hydrogen-bond donors (Lipinski definition) is 3. The molecule has 0 radical (unpaired) electrons. The lowest BCUT2D eigenvalue weighted by Crippen LogP contribution is -2.32. The number of carbonyl (C=O) groups is 3. The lowest BCUT2D eigenvalue weighted by Gasteiger charge is -2.10. The van der Waals surface area contributed by atoms with Crippen molar-refractivity contribution in [2.24, 2.45) is 5.10 Å². The molecule has 0 unspecified atom stereocenters. The maximum absolute atomic E-state index is 12.2. The second-order valence-electron chi connectivity index (χ2n) is 7.79. The highest BCUT2D eigenvalue weighted by molar-refractivity contribution is 6.39. The summed E-state index contributed by atoms with van der Waals surface area (Å²) in [6.45, 7) is 6.05. The number of nitrogens with zero attached hydrogens (tertiary/aromatic N) is 1. The van der Waals surface area contributed by atoms with Gasteiger partial charge in [-0.3, -0.25) is 14.4 Å². The zero-order valence-corrected chi connectivity index (χ0v) is 20.3. The molecular formula is C27H28N4O5. The molecule has 0 aliphatic rings. The summed E-state index contributed by atoms with van der Waals surface area (Å²) in [5.74, 6) is -1.20. The molecule has 0 saturated carbocycles. The molecule has 0 atom stereocenters. The maximum Gasteiger partial charge on any atom is 0.329 e. The molecular weight excluding hydrogens is 460 g/mol. The minimum atomic E-state index is -0.937. The van der Waals surface area contributed by atoms with Gasteiger partial charge in [0.1, 0.15) is 11.5 Å². The molecule has 186 valence electrons. The van der Waals surface area contributed by atoms with Crippen LogP contribution in [-0.4, -0.2) is 37.1 Å². The van der Waals surface area contributed by atoms with Crippen LogP contribution in [0.5, 0.6) is 11.5 Å². The predicted molar refractivity (Wildman–Crippen MR) is 138 cm³/mol. The third-order valence-electron chi connectivity index (χ3n) is 5.04. The summed E-state index contributed by atoms with van der Waals surface area (Å²) in [4.78, 5) is 36.5. The van der Waals surface area contributed by atoms with E-state index in [0.29, 0.717) is 35.0 Å². The van der Waals surface area contributed by atoms with Crippen molar-refractivity contribution in [2.75, 3.05) is 23.8 Å². The van der Waals surface area contributed by atoms with Crippen molar-refractivity contribution in [1.29, 1.82) is 0 Å². The van der Waals surface area contributed by atoms with E-state index in [4.69, 9.17) is 9.47 Å². The monoisotopic (exact) mass is 488 g/mol. The first-order valence-corrected chi connectivity index (χ1v) is 11.3. The van der Waals surface area contributed by atoms with Crippen LogP contribution in [0.1, 0.15) is 23.6 Å². The molecule has 3 aromatic carbocycles. The number of benzene rings is 3. The summed E-state index contributed by atoms with van der Waals surface area (Å²) in [6.07, 6.45) is 1.36. The maximum atomic E-state index is 12.2. The van der Waals surface area contributed by atoms with E-state index in [2.05, 4.69) is 21.2 Å². The zero-order chi connectivity index (χ0) is 25.9. The van der Waals surface area contributed by atoms with Gasteiger partial charge in [0.25, 0.3) is 5.91 Å². The Bertz CT molecular complexity index is 1270. The molecule has 36 heavy (non-hydrogen) atoms. The molecule has 0 heterocycles. The van der Waals surface area contributed by atoms with Crippen LogP contribution in [0.2, 0.25) is 0 Å². The number of rotatable bonds is 9. The van der Waals surface area contributed by atoms with Crippen LogP contribution in [0.4, 0.5) is 11.4 Å². The summed E-state index contributed by atoms with van der Waals surface area (Å²) >= 11 is 0. The molecule has 0 bridgehead atoms. The molecule has 0 aliphatic carbocycles. The minimum absolute atomic E-state index is 0.173. The molecule has 3 aromatic rings.